The molecule has 0 aliphatic carbocycles. The minimum Gasteiger partial charge on any atom is -0.452 e. The number of hydrogen-bond donors (Lipinski definition) is 2. The van der Waals surface area contributed by atoms with Gasteiger partial charge < -0.3 is 10.1 Å². The lowest BCUT2D eigenvalue weighted by Crippen LogP contribution is -2.37. The number of rotatable bonds is 5. The van der Waals surface area contributed by atoms with E-state index in [0.29, 0.717) is 5.69 Å². The van der Waals surface area contributed by atoms with E-state index in [-0.39, 0.29) is 0 Å². The monoisotopic (exact) mass is 330 g/mol. The van der Waals surface area contributed by atoms with Gasteiger partial charge in [-0.25, -0.2) is 9.59 Å². The SMILES string of the molecule is O=C(COC(=O)/C=C/c1cccs1)NC(=O)Nc1ccccc1. The van der Waals surface area contributed by atoms with Crippen LogP contribution in [0.1, 0.15) is 4.88 Å². The number of carbonyl (C=O) groups excluding carboxylic acids is 3. The number of amides is 3. The molecular formula is C16H14N2O4S. The fourth-order valence-corrected chi connectivity index (χ4v) is 2.19. The van der Waals surface area contributed by atoms with Gasteiger partial charge in [0.2, 0.25) is 0 Å². The first-order valence-corrected chi connectivity index (χ1v) is 7.55. The average Bonchev–Trinajstić information content (AvgIpc) is 3.05. The fourth-order valence-electron chi connectivity index (χ4n) is 1.57. The van der Waals surface area contributed by atoms with Gasteiger partial charge in [-0.15, -0.1) is 11.3 Å². The quantitative estimate of drug-likeness (QED) is 0.652. The van der Waals surface area contributed by atoms with Crippen molar-refractivity contribution in [2.75, 3.05) is 11.9 Å². The van der Waals surface area contributed by atoms with Crippen LogP contribution in [0.4, 0.5) is 10.5 Å². The summed E-state index contributed by atoms with van der Waals surface area (Å²) < 4.78 is 4.74. The number of imide groups is 1. The van der Waals surface area contributed by atoms with Crippen molar-refractivity contribution >= 4 is 41.0 Å². The molecule has 3 amide bonds. The van der Waals surface area contributed by atoms with Gasteiger partial charge in [-0.05, 0) is 29.7 Å². The highest BCUT2D eigenvalue weighted by atomic mass is 32.1. The molecule has 0 unspecified atom stereocenters. The number of urea groups is 1. The summed E-state index contributed by atoms with van der Waals surface area (Å²) in [6.45, 7) is -0.532. The summed E-state index contributed by atoms with van der Waals surface area (Å²) in [5.74, 6) is -1.37. The summed E-state index contributed by atoms with van der Waals surface area (Å²) in [6.07, 6.45) is 2.82. The number of benzene rings is 1. The van der Waals surface area contributed by atoms with E-state index in [9.17, 15) is 14.4 Å². The van der Waals surface area contributed by atoms with Crippen molar-refractivity contribution in [3.63, 3.8) is 0 Å². The van der Waals surface area contributed by atoms with Crippen molar-refractivity contribution in [3.05, 3.63) is 58.8 Å². The van der Waals surface area contributed by atoms with Gasteiger partial charge in [0.05, 0.1) is 0 Å². The van der Waals surface area contributed by atoms with Crippen molar-refractivity contribution < 1.29 is 19.1 Å². The van der Waals surface area contributed by atoms with Crippen LogP contribution < -0.4 is 10.6 Å². The van der Waals surface area contributed by atoms with Crippen LogP contribution in [0.2, 0.25) is 0 Å². The van der Waals surface area contributed by atoms with E-state index in [1.54, 1.807) is 36.4 Å². The molecule has 0 saturated heterocycles. The molecule has 0 saturated carbocycles. The second-order valence-electron chi connectivity index (χ2n) is 4.32. The summed E-state index contributed by atoms with van der Waals surface area (Å²) in [6, 6.07) is 11.7. The Kier molecular flexibility index (Phi) is 6.07. The molecule has 7 heteroatoms. The maximum absolute atomic E-state index is 11.6. The smallest absolute Gasteiger partial charge is 0.331 e. The van der Waals surface area contributed by atoms with E-state index >= 15 is 0 Å². The lowest BCUT2D eigenvalue weighted by molar-refractivity contribution is -0.143. The first-order chi connectivity index (χ1) is 11.1. The van der Waals surface area contributed by atoms with Crippen molar-refractivity contribution in [1.82, 2.24) is 5.32 Å². The molecule has 118 valence electrons. The molecule has 1 heterocycles. The van der Waals surface area contributed by atoms with E-state index < -0.39 is 24.5 Å². The Labute approximate surface area is 136 Å². The normalized spacial score (nSPS) is 10.3. The standard InChI is InChI=1S/C16H14N2O4S/c19-14(18-16(21)17-12-5-2-1-3-6-12)11-22-15(20)9-8-13-7-4-10-23-13/h1-10H,11H2,(H2,17,18,19,21)/b9-8+. The predicted octanol–water partition coefficient (Wildman–Crippen LogP) is 2.65. The Morgan fingerprint density at radius 1 is 1.09 bits per heavy atom. The molecule has 0 spiro atoms. The minimum atomic E-state index is -0.712. The molecule has 2 rings (SSSR count). The van der Waals surface area contributed by atoms with Gasteiger partial charge in [0.1, 0.15) is 0 Å². The molecule has 2 N–H and O–H groups in total. The van der Waals surface area contributed by atoms with Crippen LogP contribution in [0.25, 0.3) is 6.08 Å². The van der Waals surface area contributed by atoms with Crippen LogP contribution >= 0.6 is 11.3 Å². The third-order valence-corrected chi connectivity index (χ3v) is 3.39. The fraction of sp³-hybridized carbons (Fsp3) is 0.0625. The number of ether oxygens (including phenoxy) is 1. The van der Waals surface area contributed by atoms with E-state index in [2.05, 4.69) is 10.6 Å². The van der Waals surface area contributed by atoms with Gasteiger partial charge in [0.15, 0.2) is 6.61 Å². The van der Waals surface area contributed by atoms with Gasteiger partial charge in [-0.3, -0.25) is 10.1 Å². The molecule has 1 aromatic carbocycles. The average molecular weight is 330 g/mol. The number of carbonyl (C=O) groups is 3. The number of hydrogen-bond acceptors (Lipinski definition) is 5. The second kappa shape index (κ2) is 8.50. The van der Waals surface area contributed by atoms with Gasteiger partial charge >= 0.3 is 12.0 Å². The zero-order valence-electron chi connectivity index (χ0n) is 12.0. The summed E-state index contributed by atoms with van der Waals surface area (Å²) >= 11 is 1.47. The third kappa shape index (κ3) is 6.15. The molecule has 0 atom stereocenters. The number of nitrogens with one attached hydrogen (secondary N) is 2. The number of anilines is 1. The molecule has 6 nitrogen and oxygen atoms in total. The van der Waals surface area contributed by atoms with Crippen LogP contribution in [0.5, 0.6) is 0 Å². The summed E-state index contributed by atoms with van der Waals surface area (Å²) in [5.41, 5.74) is 0.550. The highest BCUT2D eigenvalue weighted by Gasteiger charge is 2.09. The molecule has 0 aliphatic rings. The predicted molar refractivity (Wildman–Crippen MR) is 87.9 cm³/mol. The Morgan fingerprint density at radius 2 is 1.87 bits per heavy atom. The van der Waals surface area contributed by atoms with E-state index in [1.807, 2.05) is 17.5 Å². The largest absolute Gasteiger partial charge is 0.452 e. The molecule has 1 aromatic heterocycles. The molecule has 2 aromatic rings. The van der Waals surface area contributed by atoms with E-state index in [0.717, 1.165) is 4.88 Å². The van der Waals surface area contributed by atoms with Crippen molar-refractivity contribution in [2.45, 2.75) is 0 Å². The van der Waals surface area contributed by atoms with Crippen molar-refractivity contribution in [3.8, 4) is 0 Å². The zero-order valence-corrected chi connectivity index (χ0v) is 12.8. The zero-order chi connectivity index (χ0) is 16.5. The molecule has 0 aliphatic heterocycles. The van der Waals surface area contributed by atoms with Gasteiger partial charge in [-0.2, -0.15) is 0 Å². The van der Waals surface area contributed by atoms with Crippen LogP contribution in [-0.4, -0.2) is 24.5 Å². The molecule has 0 fully saturated rings. The summed E-state index contributed by atoms with van der Waals surface area (Å²) in [7, 11) is 0. The van der Waals surface area contributed by atoms with Crippen LogP contribution in [0.15, 0.2) is 53.9 Å². The second-order valence-corrected chi connectivity index (χ2v) is 5.30. The van der Waals surface area contributed by atoms with Crippen molar-refractivity contribution in [1.29, 1.82) is 0 Å². The molecule has 0 radical (unpaired) electrons. The van der Waals surface area contributed by atoms with Crippen molar-refractivity contribution in [2.24, 2.45) is 0 Å². The van der Waals surface area contributed by atoms with Gasteiger partial charge in [0.25, 0.3) is 5.91 Å². The van der Waals surface area contributed by atoms with Crippen LogP contribution in [0.3, 0.4) is 0 Å². The highest BCUT2D eigenvalue weighted by molar-refractivity contribution is 7.10. The third-order valence-electron chi connectivity index (χ3n) is 2.56. The maximum atomic E-state index is 11.6. The molecular weight excluding hydrogens is 316 g/mol. The highest BCUT2D eigenvalue weighted by Crippen LogP contribution is 2.10. The summed E-state index contributed by atoms with van der Waals surface area (Å²) in [5, 5.41) is 6.42. The molecule has 0 bridgehead atoms. The minimum absolute atomic E-state index is 0.532. The van der Waals surface area contributed by atoms with Gasteiger partial charge in [-0.1, -0.05) is 24.3 Å². The molecule has 23 heavy (non-hydrogen) atoms. The first-order valence-electron chi connectivity index (χ1n) is 6.68. The van der Waals surface area contributed by atoms with Crippen LogP contribution in [-0.2, 0) is 14.3 Å². The lowest BCUT2D eigenvalue weighted by atomic mass is 10.3. The Morgan fingerprint density at radius 3 is 2.57 bits per heavy atom. The van der Waals surface area contributed by atoms with E-state index in [1.165, 1.54) is 17.4 Å². The maximum Gasteiger partial charge on any atom is 0.331 e. The Balaban J connectivity index is 1.70. The summed E-state index contributed by atoms with van der Waals surface area (Å²) in [4.78, 5) is 35.4. The number of esters is 1. The Bertz CT molecular complexity index is 696. The van der Waals surface area contributed by atoms with Gasteiger partial charge in [0, 0.05) is 16.6 Å². The number of thiophene rings is 1. The van der Waals surface area contributed by atoms with Crippen LogP contribution in [0, 0.1) is 0 Å². The van der Waals surface area contributed by atoms with E-state index in [4.69, 9.17) is 4.74 Å². The first kappa shape index (κ1) is 16.4. The lowest BCUT2D eigenvalue weighted by Gasteiger charge is -2.06. The topological polar surface area (TPSA) is 84.5 Å². The number of para-hydroxylation sites is 1. The Hall–Kier alpha value is -2.93.